The number of methoxy groups -OCH3 is 1. The number of hydrogen-bond donors (Lipinski definition) is 1. The Hall–Kier alpha value is -0.0800. The summed E-state index contributed by atoms with van der Waals surface area (Å²) in [5.74, 6) is 0.759. The molecule has 76 valence electrons. The van der Waals surface area contributed by atoms with E-state index in [9.17, 15) is 0 Å². The van der Waals surface area contributed by atoms with Crippen LogP contribution in [0.2, 0.25) is 0 Å². The van der Waals surface area contributed by atoms with Gasteiger partial charge in [0, 0.05) is 25.6 Å². The molecule has 0 aromatic carbocycles. The second-order valence-corrected chi connectivity index (χ2v) is 4.72. The predicted molar refractivity (Wildman–Crippen MR) is 53.8 cm³/mol. The minimum Gasteiger partial charge on any atom is -0.378 e. The highest BCUT2D eigenvalue weighted by atomic mass is 16.5. The van der Waals surface area contributed by atoms with E-state index in [4.69, 9.17) is 4.74 Å². The second-order valence-electron chi connectivity index (χ2n) is 4.72. The molecular formula is C11H21NO. The molecule has 2 aliphatic rings. The van der Waals surface area contributed by atoms with Crippen molar-refractivity contribution in [2.24, 2.45) is 5.92 Å². The Morgan fingerprint density at radius 3 is 2.46 bits per heavy atom. The topological polar surface area (TPSA) is 21.3 Å². The summed E-state index contributed by atoms with van der Waals surface area (Å²) in [5, 5.41) is 3.53. The van der Waals surface area contributed by atoms with E-state index in [2.05, 4.69) is 12.2 Å². The van der Waals surface area contributed by atoms with Crippen LogP contribution in [0.3, 0.4) is 0 Å². The molecule has 2 fully saturated rings. The van der Waals surface area contributed by atoms with Crippen LogP contribution in [0, 0.1) is 5.92 Å². The maximum atomic E-state index is 5.79. The lowest BCUT2D eigenvalue weighted by molar-refractivity contribution is -0.0475. The van der Waals surface area contributed by atoms with Crippen molar-refractivity contribution in [3.05, 3.63) is 0 Å². The van der Waals surface area contributed by atoms with Crippen molar-refractivity contribution in [3.63, 3.8) is 0 Å². The summed E-state index contributed by atoms with van der Waals surface area (Å²) in [6, 6.07) is 0.692. The summed E-state index contributed by atoms with van der Waals surface area (Å²) in [6.07, 6.45) is 6.58. The number of hydrogen-bond acceptors (Lipinski definition) is 2. The summed E-state index contributed by atoms with van der Waals surface area (Å²) >= 11 is 0. The zero-order chi connectivity index (χ0) is 9.31. The Bertz CT molecular complexity index is 175. The first-order valence-electron chi connectivity index (χ1n) is 5.55. The van der Waals surface area contributed by atoms with Crippen molar-refractivity contribution in [2.45, 2.75) is 50.7 Å². The molecule has 1 heterocycles. The molecular weight excluding hydrogens is 162 g/mol. The number of rotatable bonds is 2. The van der Waals surface area contributed by atoms with Gasteiger partial charge in [-0.15, -0.1) is 0 Å². The molecule has 2 unspecified atom stereocenters. The average molecular weight is 183 g/mol. The fraction of sp³-hybridized carbons (Fsp3) is 1.00. The Kier molecular flexibility index (Phi) is 2.61. The van der Waals surface area contributed by atoms with Gasteiger partial charge in [-0.25, -0.2) is 0 Å². The lowest BCUT2D eigenvalue weighted by Gasteiger charge is -2.33. The van der Waals surface area contributed by atoms with Crippen molar-refractivity contribution in [3.8, 4) is 0 Å². The third-order valence-electron chi connectivity index (χ3n) is 3.95. The van der Waals surface area contributed by atoms with Gasteiger partial charge >= 0.3 is 0 Å². The molecule has 0 amide bonds. The van der Waals surface area contributed by atoms with Gasteiger partial charge in [-0.2, -0.15) is 0 Å². The molecule has 0 radical (unpaired) electrons. The molecule has 0 aromatic rings. The van der Waals surface area contributed by atoms with Gasteiger partial charge in [-0.05, 0) is 26.2 Å². The van der Waals surface area contributed by atoms with Crippen LogP contribution in [-0.2, 0) is 4.74 Å². The Morgan fingerprint density at radius 1 is 1.31 bits per heavy atom. The van der Waals surface area contributed by atoms with Crippen LogP contribution in [0.5, 0.6) is 0 Å². The Balaban J connectivity index is 2.03. The molecule has 1 aliphatic heterocycles. The van der Waals surface area contributed by atoms with E-state index in [1.54, 1.807) is 0 Å². The standard InChI is InChI=1S/C11H21NO/c1-9-7-10(8-12-9)11(13-2)5-3-4-6-11/h9-10,12H,3-8H2,1-2H3. The average Bonchev–Trinajstić information content (AvgIpc) is 2.73. The molecule has 1 aliphatic carbocycles. The highest BCUT2D eigenvalue weighted by Crippen LogP contribution is 2.42. The minimum atomic E-state index is 0.234. The van der Waals surface area contributed by atoms with Crippen molar-refractivity contribution in [1.82, 2.24) is 5.32 Å². The van der Waals surface area contributed by atoms with E-state index in [1.807, 2.05) is 7.11 Å². The van der Waals surface area contributed by atoms with E-state index in [1.165, 1.54) is 32.1 Å². The van der Waals surface area contributed by atoms with Crippen LogP contribution in [0.25, 0.3) is 0 Å². The van der Waals surface area contributed by atoms with Gasteiger partial charge in [0.2, 0.25) is 0 Å². The summed E-state index contributed by atoms with van der Waals surface area (Å²) < 4.78 is 5.79. The molecule has 2 atom stereocenters. The first kappa shape index (κ1) is 9.47. The lowest BCUT2D eigenvalue weighted by Crippen LogP contribution is -2.38. The third-order valence-corrected chi connectivity index (χ3v) is 3.95. The monoisotopic (exact) mass is 183 g/mol. The summed E-state index contributed by atoms with van der Waals surface area (Å²) in [5.41, 5.74) is 0.234. The fourth-order valence-corrected chi connectivity index (χ4v) is 3.09. The third kappa shape index (κ3) is 1.62. The molecule has 2 heteroatoms. The van der Waals surface area contributed by atoms with Gasteiger partial charge in [-0.1, -0.05) is 12.8 Å². The molecule has 1 saturated heterocycles. The predicted octanol–water partition coefficient (Wildman–Crippen LogP) is 1.94. The molecule has 0 spiro atoms. The van der Waals surface area contributed by atoms with Gasteiger partial charge in [-0.3, -0.25) is 0 Å². The van der Waals surface area contributed by atoms with E-state index < -0.39 is 0 Å². The van der Waals surface area contributed by atoms with E-state index >= 15 is 0 Å². The Morgan fingerprint density at radius 2 is 2.00 bits per heavy atom. The molecule has 0 bridgehead atoms. The van der Waals surface area contributed by atoms with E-state index in [0.717, 1.165) is 12.5 Å². The van der Waals surface area contributed by atoms with Gasteiger partial charge in [0.25, 0.3) is 0 Å². The van der Waals surface area contributed by atoms with Crippen molar-refractivity contribution in [2.75, 3.05) is 13.7 Å². The largest absolute Gasteiger partial charge is 0.378 e. The molecule has 0 aromatic heterocycles. The second kappa shape index (κ2) is 3.58. The maximum absolute atomic E-state index is 5.79. The zero-order valence-electron chi connectivity index (χ0n) is 8.81. The van der Waals surface area contributed by atoms with Crippen LogP contribution in [0.1, 0.15) is 39.0 Å². The van der Waals surface area contributed by atoms with Gasteiger partial charge in [0.05, 0.1) is 5.60 Å². The molecule has 1 saturated carbocycles. The lowest BCUT2D eigenvalue weighted by atomic mass is 9.84. The normalized spacial score (nSPS) is 38.3. The molecule has 1 N–H and O–H groups in total. The molecule has 2 rings (SSSR count). The Labute approximate surface area is 81.0 Å². The van der Waals surface area contributed by atoms with Crippen LogP contribution in [0.4, 0.5) is 0 Å². The fourth-order valence-electron chi connectivity index (χ4n) is 3.09. The van der Waals surface area contributed by atoms with Crippen molar-refractivity contribution in [1.29, 1.82) is 0 Å². The summed E-state index contributed by atoms with van der Waals surface area (Å²) in [4.78, 5) is 0. The van der Waals surface area contributed by atoms with Gasteiger partial charge < -0.3 is 10.1 Å². The first-order valence-corrected chi connectivity index (χ1v) is 5.55. The summed E-state index contributed by atoms with van der Waals surface area (Å²) in [6.45, 7) is 3.44. The van der Waals surface area contributed by atoms with Crippen molar-refractivity contribution < 1.29 is 4.74 Å². The van der Waals surface area contributed by atoms with Crippen LogP contribution in [-0.4, -0.2) is 25.3 Å². The molecule has 13 heavy (non-hydrogen) atoms. The molecule has 2 nitrogen and oxygen atoms in total. The van der Waals surface area contributed by atoms with Crippen LogP contribution < -0.4 is 5.32 Å². The van der Waals surface area contributed by atoms with E-state index in [0.29, 0.717) is 6.04 Å². The first-order chi connectivity index (χ1) is 6.27. The highest BCUT2D eigenvalue weighted by Gasteiger charge is 2.43. The highest BCUT2D eigenvalue weighted by molar-refractivity contribution is 4.97. The minimum absolute atomic E-state index is 0.234. The van der Waals surface area contributed by atoms with Crippen LogP contribution in [0.15, 0.2) is 0 Å². The quantitative estimate of drug-likeness (QED) is 0.706. The van der Waals surface area contributed by atoms with Crippen LogP contribution >= 0.6 is 0 Å². The van der Waals surface area contributed by atoms with Gasteiger partial charge in [0.1, 0.15) is 0 Å². The van der Waals surface area contributed by atoms with E-state index in [-0.39, 0.29) is 5.60 Å². The maximum Gasteiger partial charge on any atom is 0.0719 e. The zero-order valence-corrected chi connectivity index (χ0v) is 8.81. The van der Waals surface area contributed by atoms with Gasteiger partial charge in [0.15, 0.2) is 0 Å². The smallest absolute Gasteiger partial charge is 0.0719 e. The van der Waals surface area contributed by atoms with Crippen molar-refractivity contribution >= 4 is 0 Å². The SMILES string of the molecule is COC1(C2CNC(C)C2)CCCC1. The number of ether oxygens (including phenoxy) is 1. The number of nitrogens with one attached hydrogen (secondary N) is 1. The summed E-state index contributed by atoms with van der Waals surface area (Å²) in [7, 11) is 1.90.